The second kappa shape index (κ2) is 29.5. The number of unbranched alkanes of at least 4 members (excludes halogenated alkanes) is 5. The number of hydrogen-bond donors (Lipinski definition) is 6. The van der Waals surface area contributed by atoms with Gasteiger partial charge in [0.15, 0.2) is 0 Å². The van der Waals surface area contributed by atoms with Crippen LogP contribution in [0.5, 0.6) is 0 Å². The van der Waals surface area contributed by atoms with Crippen molar-refractivity contribution in [1.29, 1.82) is 0 Å². The molecule has 4 aliphatic heterocycles. The van der Waals surface area contributed by atoms with Gasteiger partial charge in [-0.15, -0.1) is 0 Å². The molecule has 4 heterocycles. The van der Waals surface area contributed by atoms with Crippen LogP contribution in [0.15, 0.2) is 121 Å². The minimum Gasteiger partial charge on any atom is -0.343 e. The Morgan fingerprint density at radius 3 is 1.09 bits per heavy atom. The number of carbonyl (C=O) groups excluding carboxylic acids is 8. The summed E-state index contributed by atoms with van der Waals surface area (Å²) >= 11 is 0. The Morgan fingerprint density at radius 1 is 0.451 bits per heavy atom. The summed E-state index contributed by atoms with van der Waals surface area (Å²) in [5, 5.41) is 18.2. The molecule has 0 spiro atoms. The molecular weight excluding hydrogens is 1040 g/mol. The molecule has 0 radical (unpaired) electrons. The van der Waals surface area contributed by atoms with Crippen LogP contribution < -0.4 is 31.9 Å². The van der Waals surface area contributed by atoms with E-state index in [0.29, 0.717) is 64.5 Å². The summed E-state index contributed by atoms with van der Waals surface area (Å²) in [7, 11) is 3.33. The summed E-state index contributed by atoms with van der Waals surface area (Å²) in [5.41, 5.74) is 3.66. The van der Waals surface area contributed by atoms with E-state index in [1.165, 1.54) is 0 Å². The van der Waals surface area contributed by atoms with E-state index in [4.69, 9.17) is 0 Å². The molecule has 8 rings (SSSR count). The topological polar surface area (TPSA) is 222 Å². The maximum atomic E-state index is 14.7. The Balaban J connectivity index is 0.817. The monoisotopic (exact) mass is 1120 g/mol. The van der Waals surface area contributed by atoms with Crippen molar-refractivity contribution in [2.75, 3.05) is 40.3 Å². The van der Waals surface area contributed by atoms with Crippen molar-refractivity contribution in [2.24, 2.45) is 0 Å². The van der Waals surface area contributed by atoms with Gasteiger partial charge in [0.1, 0.15) is 24.2 Å². The van der Waals surface area contributed by atoms with Crippen molar-refractivity contribution in [3.63, 3.8) is 0 Å². The summed E-state index contributed by atoms with van der Waals surface area (Å²) in [4.78, 5) is 119. The molecule has 0 aliphatic carbocycles. The molecule has 4 fully saturated rings. The average Bonchev–Trinajstić information content (AvgIpc) is 4.14. The molecule has 438 valence electrons. The Labute approximate surface area is 483 Å². The number of nitrogens with one attached hydrogen (secondary N) is 6. The maximum Gasteiger partial charge on any atom is 0.247 e. The van der Waals surface area contributed by atoms with E-state index in [1.807, 2.05) is 121 Å². The van der Waals surface area contributed by atoms with Gasteiger partial charge in [0.25, 0.3) is 0 Å². The largest absolute Gasteiger partial charge is 0.343 e. The maximum absolute atomic E-state index is 14.7. The zero-order valence-corrected chi connectivity index (χ0v) is 48.1. The normalized spacial score (nSPS) is 21.8. The first-order valence-corrected chi connectivity index (χ1v) is 29.7. The van der Waals surface area contributed by atoms with Crippen LogP contribution in [-0.4, -0.2) is 155 Å². The van der Waals surface area contributed by atoms with Crippen molar-refractivity contribution in [2.45, 2.75) is 164 Å². The van der Waals surface area contributed by atoms with Crippen molar-refractivity contribution in [3.05, 3.63) is 144 Å². The van der Waals surface area contributed by atoms with Crippen LogP contribution in [0, 0.1) is 0 Å². The third-order valence-corrected chi connectivity index (χ3v) is 17.1. The highest BCUT2D eigenvalue weighted by molar-refractivity contribution is 5.96. The second-order valence-corrected chi connectivity index (χ2v) is 22.5. The summed E-state index contributed by atoms with van der Waals surface area (Å²) in [6.07, 6.45) is 8.26. The fourth-order valence-electron chi connectivity index (χ4n) is 12.1. The lowest BCUT2D eigenvalue weighted by molar-refractivity contribution is -0.147. The van der Waals surface area contributed by atoms with Crippen molar-refractivity contribution >= 4 is 47.3 Å². The van der Waals surface area contributed by atoms with Gasteiger partial charge in [-0.1, -0.05) is 147 Å². The van der Waals surface area contributed by atoms with Gasteiger partial charge in [-0.05, 0) is 102 Å². The predicted octanol–water partition coefficient (Wildman–Crippen LogP) is 5.29. The molecule has 8 amide bonds. The fraction of sp³-hybridized carbons (Fsp3) is 0.500. The molecule has 8 atom stereocenters. The lowest BCUT2D eigenvalue weighted by atomic mass is 9.98. The van der Waals surface area contributed by atoms with E-state index >= 15 is 0 Å². The molecule has 0 aromatic heterocycles. The third kappa shape index (κ3) is 15.4. The number of amides is 8. The van der Waals surface area contributed by atoms with Crippen LogP contribution in [-0.2, 0) is 38.4 Å². The van der Waals surface area contributed by atoms with Gasteiger partial charge in [0.05, 0.1) is 24.2 Å². The zero-order valence-electron chi connectivity index (χ0n) is 48.1. The number of likely N-dealkylation sites (N-methyl/N-ethyl adjacent to an activating group) is 2. The summed E-state index contributed by atoms with van der Waals surface area (Å²) in [5.74, 6) is -2.20. The van der Waals surface area contributed by atoms with E-state index in [2.05, 4.69) is 31.9 Å². The Morgan fingerprint density at radius 2 is 0.768 bits per heavy atom. The molecule has 18 nitrogen and oxygen atoms in total. The van der Waals surface area contributed by atoms with Crippen LogP contribution in [0.1, 0.15) is 138 Å². The minimum absolute atomic E-state index is 0.00318. The molecule has 0 bridgehead atoms. The Bertz CT molecular complexity index is 2520. The molecule has 4 saturated heterocycles. The van der Waals surface area contributed by atoms with Gasteiger partial charge in [-0.3, -0.25) is 38.4 Å². The van der Waals surface area contributed by atoms with Gasteiger partial charge < -0.3 is 51.5 Å². The van der Waals surface area contributed by atoms with Gasteiger partial charge in [-0.2, -0.15) is 0 Å². The SMILES string of the molecule is CN[C@@H](C)C(=O)N[C@H]1CN(C(=O)CCCCCCCCC(=O)N2CC[C@H]3CC[C@H](C(=O)NC(c4ccccc4)c4ccccc4)N3C(=O)[C@@H](NC(=O)[C@H](C)NC)C2)CC[C@H]2CC[C@H](C(=O)NC(c3ccccc3)c3ccccc3)N2C1=O. The number of fused-ring (bicyclic) bond motifs is 2. The molecule has 4 aliphatic rings. The highest BCUT2D eigenvalue weighted by Gasteiger charge is 2.48. The van der Waals surface area contributed by atoms with Crippen molar-refractivity contribution in [3.8, 4) is 0 Å². The number of carbonyl (C=O) groups is 8. The second-order valence-electron chi connectivity index (χ2n) is 22.5. The lowest BCUT2D eigenvalue weighted by Gasteiger charge is -2.39. The predicted molar refractivity (Wildman–Crippen MR) is 313 cm³/mol. The molecule has 4 aromatic rings. The number of nitrogens with zero attached hydrogens (tertiary/aromatic N) is 4. The standard InChI is InChI=1S/C64H84N10O8/c1-43(65-3)59(77)67-51-41-71(39-37-49-33-35-53(73(49)63(51)81)61(79)69-57(45-23-13-9-14-24-45)46-25-15-10-16-26-46)55(75)31-21-7-5-6-8-22-32-56(76)72-40-38-50-34-36-54(74(50)64(82)52(42-72)68-60(78)44(2)66-4)62(80)70-58(47-27-17-11-18-28-47)48-29-19-12-20-30-48/h9-20,23-30,43-44,49-54,57-58,65-66H,5-8,21-22,31-42H2,1-4H3,(H,67,77)(H,68,78)(H,69,79)(H,70,80)/t43-,44-,49+,50+,51-,52-,53+,54+/m0/s1. The van der Waals surface area contributed by atoms with Gasteiger partial charge >= 0.3 is 0 Å². The number of benzene rings is 4. The average molecular weight is 1120 g/mol. The molecule has 0 saturated carbocycles. The Kier molecular flexibility index (Phi) is 21.8. The van der Waals surface area contributed by atoms with Crippen LogP contribution in [0.4, 0.5) is 0 Å². The van der Waals surface area contributed by atoms with E-state index in [-0.39, 0.29) is 85.3 Å². The first kappa shape index (κ1) is 60.7. The fourth-order valence-corrected chi connectivity index (χ4v) is 12.1. The van der Waals surface area contributed by atoms with E-state index in [9.17, 15) is 38.4 Å². The van der Waals surface area contributed by atoms with Crippen LogP contribution in [0.3, 0.4) is 0 Å². The summed E-state index contributed by atoms with van der Waals surface area (Å²) in [6, 6.07) is 32.7. The van der Waals surface area contributed by atoms with Gasteiger partial charge in [-0.25, -0.2) is 0 Å². The highest BCUT2D eigenvalue weighted by Crippen LogP contribution is 2.33. The van der Waals surface area contributed by atoms with Crippen molar-refractivity contribution in [1.82, 2.24) is 51.5 Å². The van der Waals surface area contributed by atoms with Gasteiger partial charge in [0.2, 0.25) is 47.3 Å². The smallest absolute Gasteiger partial charge is 0.247 e. The molecule has 6 N–H and O–H groups in total. The van der Waals surface area contributed by atoms with E-state index < -0.39 is 48.3 Å². The summed E-state index contributed by atoms with van der Waals surface area (Å²) in [6.45, 7) is 4.16. The number of rotatable bonds is 23. The Hall–Kier alpha value is -7.44. The van der Waals surface area contributed by atoms with Crippen molar-refractivity contribution < 1.29 is 38.4 Å². The van der Waals surface area contributed by atoms with Crippen LogP contribution in [0.25, 0.3) is 0 Å². The third-order valence-electron chi connectivity index (χ3n) is 17.1. The number of hydrogen-bond acceptors (Lipinski definition) is 10. The first-order chi connectivity index (χ1) is 39.8. The zero-order chi connectivity index (χ0) is 58.1. The minimum atomic E-state index is -1.04. The highest BCUT2D eigenvalue weighted by atomic mass is 16.2. The molecule has 82 heavy (non-hydrogen) atoms. The lowest BCUT2D eigenvalue weighted by Crippen LogP contribution is -2.62. The van der Waals surface area contributed by atoms with Crippen LogP contribution >= 0.6 is 0 Å². The van der Waals surface area contributed by atoms with Gasteiger partial charge in [0, 0.05) is 51.1 Å². The summed E-state index contributed by atoms with van der Waals surface area (Å²) < 4.78 is 0. The van der Waals surface area contributed by atoms with Crippen LogP contribution in [0.2, 0.25) is 0 Å². The molecular formula is C64H84N10O8. The van der Waals surface area contributed by atoms with E-state index in [1.54, 1.807) is 47.5 Å². The van der Waals surface area contributed by atoms with E-state index in [0.717, 1.165) is 47.9 Å². The first-order valence-electron chi connectivity index (χ1n) is 29.7. The quantitative estimate of drug-likeness (QED) is 0.0527. The molecule has 0 unspecified atom stereocenters. The molecule has 18 heteroatoms. The molecule has 4 aromatic carbocycles.